The Bertz CT molecular complexity index is 690. The highest BCUT2D eigenvalue weighted by molar-refractivity contribution is 5.39. The molecule has 2 rings (SSSR count). The summed E-state index contributed by atoms with van der Waals surface area (Å²) in [6.45, 7) is 3.63. The lowest BCUT2D eigenvalue weighted by Gasteiger charge is -2.14. The molecule has 4 heteroatoms. The Balaban J connectivity index is 2.19. The number of benzene rings is 2. The number of hydrogen-bond acceptors (Lipinski definition) is 3. The van der Waals surface area contributed by atoms with Gasteiger partial charge in [0.25, 0.3) is 0 Å². The maximum Gasteiger partial charge on any atom is 0.131 e. The number of aryl methyl sites for hydroxylation is 1. The molecule has 0 heterocycles. The summed E-state index contributed by atoms with van der Waals surface area (Å²) in [6.07, 6.45) is -0.661. The molecule has 0 saturated heterocycles. The van der Waals surface area contributed by atoms with Crippen molar-refractivity contribution in [3.05, 3.63) is 64.5 Å². The summed E-state index contributed by atoms with van der Waals surface area (Å²) in [5.41, 5.74) is 2.33. The van der Waals surface area contributed by atoms with Crippen LogP contribution in [0, 0.1) is 24.1 Å². The Morgan fingerprint density at radius 2 is 2.05 bits per heavy atom. The highest BCUT2D eigenvalue weighted by Gasteiger charge is 2.11. The van der Waals surface area contributed by atoms with Gasteiger partial charge in [-0.1, -0.05) is 17.7 Å². The van der Waals surface area contributed by atoms with E-state index in [0.717, 1.165) is 5.56 Å². The molecule has 0 aliphatic carbocycles. The van der Waals surface area contributed by atoms with Crippen LogP contribution in [0.4, 0.5) is 4.39 Å². The fourth-order valence-corrected chi connectivity index (χ4v) is 2.02. The quantitative estimate of drug-likeness (QED) is 0.933. The third-order valence-electron chi connectivity index (χ3n) is 3.18. The van der Waals surface area contributed by atoms with E-state index in [4.69, 9.17) is 10.00 Å². The van der Waals surface area contributed by atoms with E-state index in [1.165, 1.54) is 12.1 Å². The topological polar surface area (TPSA) is 53.2 Å². The third kappa shape index (κ3) is 3.59. The fourth-order valence-electron chi connectivity index (χ4n) is 2.02. The van der Waals surface area contributed by atoms with Gasteiger partial charge in [0.05, 0.1) is 17.7 Å². The summed E-state index contributed by atoms with van der Waals surface area (Å²) < 4.78 is 19.4. The Morgan fingerprint density at radius 1 is 1.29 bits per heavy atom. The van der Waals surface area contributed by atoms with Crippen LogP contribution in [0.1, 0.15) is 35.3 Å². The van der Waals surface area contributed by atoms with Crippen molar-refractivity contribution in [3.63, 3.8) is 0 Å². The molecule has 0 aliphatic rings. The predicted molar refractivity (Wildman–Crippen MR) is 77.3 cm³/mol. The van der Waals surface area contributed by atoms with E-state index in [9.17, 15) is 9.50 Å². The van der Waals surface area contributed by atoms with Crippen LogP contribution >= 0.6 is 0 Å². The average Bonchev–Trinajstić information content (AvgIpc) is 2.46. The number of aliphatic hydroxyl groups excluding tert-OH is 1. The SMILES string of the molecule is Cc1ccc(OCc2ccc(C#N)cc2F)c([C@H](C)O)c1. The number of nitriles is 1. The van der Waals surface area contributed by atoms with Gasteiger partial charge in [-0.3, -0.25) is 0 Å². The monoisotopic (exact) mass is 285 g/mol. The maximum absolute atomic E-state index is 13.8. The van der Waals surface area contributed by atoms with E-state index in [0.29, 0.717) is 16.9 Å². The van der Waals surface area contributed by atoms with E-state index in [2.05, 4.69) is 0 Å². The predicted octanol–water partition coefficient (Wildman–Crippen LogP) is 3.64. The smallest absolute Gasteiger partial charge is 0.131 e. The highest BCUT2D eigenvalue weighted by Crippen LogP contribution is 2.27. The van der Waals surface area contributed by atoms with Crippen molar-refractivity contribution >= 4 is 0 Å². The molecule has 1 atom stereocenters. The van der Waals surface area contributed by atoms with Gasteiger partial charge in [0.1, 0.15) is 18.2 Å². The lowest BCUT2D eigenvalue weighted by molar-refractivity contribution is 0.189. The first-order valence-corrected chi connectivity index (χ1v) is 6.61. The molecule has 108 valence electrons. The van der Waals surface area contributed by atoms with Gasteiger partial charge in [0.15, 0.2) is 0 Å². The standard InChI is InChI=1S/C17H16FNO2/c1-11-3-6-17(15(7-11)12(2)20)21-10-14-5-4-13(9-19)8-16(14)18/h3-8,12,20H,10H2,1-2H3/t12-/m0/s1. The van der Waals surface area contributed by atoms with Crippen LogP contribution in [0.3, 0.4) is 0 Å². The van der Waals surface area contributed by atoms with Crippen LogP contribution in [0.25, 0.3) is 0 Å². The molecule has 0 unspecified atom stereocenters. The van der Waals surface area contributed by atoms with Crippen molar-refractivity contribution in [1.29, 1.82) is 5.26 Å². The zero-order valence-corrected chi connectivity index (χ0v) is 11.9. The second-order valence-electron chi connectivity index (χ2n) is 4.92. The molecule has 0 aromatic heterocycles. The van der Waals surface area contributed by atoms with Gasteiger partial charge in [-0.25, -0.2) is 4.39 Å². The molecule has 0 aliphatic heterocycles. The molecule has 0 amide bonds. The number of nitrogens with zero attached hydrogens (tertiary/aromatic N) is 1. The minimum Gasteiger partial charge on any atom is -0.488 e. The van der Waals surface area contributed by atoms with Crippen molar-refractivity contribution in [2.24, 2.45) is 0 Å². The molecular weight excluding hydrogens is 269 g/mol. The van der Waals surface area contributed by atoms with Crippen molar-refractivity contribution < 1.29 is 14.2 Å². The van der Waals surface area contributed by atoms with E-state index in [-0.39, 0.29) is 12.2 Å². The second kappa shape index (κ2) is 6.38. The lowest BCUT2D eigenvalue weighted by atomic mass is 10.1. The number of hydrogen-bond donors (Lipinski definition) is 1. The van der Waals surface area contributed by atoms with Crippen LogP contribution in [-0.4, -0.2) is 5.11 Å². The number of aliphatic hydroxyl groups is 1. The molecule has 0 spiro atoms. The van der Waals surface area contributed by atoms with Crippen LogP contribution in [-0.2, 0) is 6.61 Å². The molecule has 0 bridgehead atoms. The van der Waals surface area contributed by atoms with Crippen molar-refractivity contribution in [1.82, 2.24) is 0 Å². The first-order chi connectivity index (χ1) is 10.0. The van der Waals surface area contributed by atoms with Crippen LogP contribution in [0.5, 0.6) is 5.75 Å². The molecule has 0 fully saturated rings. The van der Waals surface area contributed by atoms with Crippen LogP contribution < -0.4 is 4.74 Å². The normalized spacial score (nSPS) is 11.8. The minimum absolute atomic E-state index is 0.0420. The Morgan fingerprint density at radius 3 is 2.67 bits per heavy atom. The Hall–Kier alpha value is -2.38. The van der Waals surface area contributed by atoms with Crippen molar-refractivity contribution in [3.8, 4) is 11.8 Å². The molecule has 21 heavy (non-hydrogen) atoms. The van der Waals surface area contributed by atoms with Crippen LogP contribution in [0.15, 0.2) is 36.4 Å². The summed E-state index contributed by atoms with van der Waals surface area (Å²) >= 11 is 0. The summed E-state index contributed by atoms with van der Waals surface area (Å²) in [4.78, 5) is 0. The van der Waals surface area contributed by atoms with Gasteiger partial charge in [-0.15, -0.1) is 0 Å². The van der Waals surface area contributed by atoms with Crippen LogP contribution in [0.2, 0.25) is 0 Å². The molecule has 2 aromatic rings. The number of ether oxygens (including phenoxy) is 1. The fraction of sp³-hybridized carbons (Fsp3) is 0.235. The zero-order chi connectivity index (χ0) is 15.4. The van der Waals surface area contributed by atoms with Gasteiger partial charge in [0, 0.05) is 11.1 Å². The second-order valence-corrected chi connectivity index (χ2v) is 4.92. The molecule has 0 radical (unpaired) electrons. The summed E-state index contributed by atoms with van der Waals surface area (Å²) in [5.74, 6) is 0.0547. The zero-order valence-electron chi connectivity index (χ0n) is 11.9. The largest absolute Gasteiger partial charge is 0.488 e. The van der Waals surface area contributed by atoms with E-state index in [1.807, 2.05) is 25.1 Å². The van der Waals surface area contributed by atoms with Gasteiger partial charge in [0.2, 0.25) is 0 Å². The van der Waals surface area contributed by atoms with Crippen molar-refractivity contribution in [2.75, 3.05) is 0 Å². The average molecular weight is 285 g/mol. The molecule has 1 N–H and O–H groups in total. The Labute approximate surface area is 123 Å². The van der Waals surface area contributed by atoms with Crippen molar-refractivity contribution in [2.45, 2.75) is 26.6 Å². The van der Waals surface area contributed by atoms with E-state index >= 15 is 0 Å². The molecule has 0 saturated carbocycles. The van der Waals surface area contributed by atoms with E-state index in [1.54, 1.807) is 19.1 Å². The minimum atomic E-state index is -0.661. The van der Waals surface area contributed by atoms with Gasteiger partial charge in [-0.2, -0.15) is 5.26 Å². The number of rotatable bonds is 4. The molecule has 2 aromatic carbocycles. The van der Waals surface area contributed by atoms with Gasteiger partial charge < -0.3 is 9.84 Å². The summed E-state index contributed by atoms with van der Waals surface area (Å²) in [7, 11) is 0. The Kier molecular flexibility index (Phi) is 4.56. The first kappa shape index (κ1) is 15.0. The number of halogens is 1. The summed E-state index contributed by atoms with van der Waals surface area (Å²) in [5, 5.41) is 18.5. The van der Waals surface area contributed by atoms with E-state index < -0.39 is 11.9 Å². The highest BCUT2D eigenvalue weighted by atomic mass is 19.1. The van der Waals surface area contributed by atoms with Gasteiger partial charge in [-0.05, 0) is 38.1 Å². The molecule has 3 nitrogen and oxygen atoms in total. The lowest BCUT2D eigenvalue weighted by Crippen LogP contribution is -2.03. The first-order valence-electron chi connectivity index (χ1n) is 6.61. The third-order valence-corrected chi connectivity index (χ3v) is 3.18. The maximum atomic E-state index is 13.8. The van der Waals surface area contributed by atoms with Gasteiger partial charge >= 0.3 is 0 Å². The summed E-state index contributed by atoms with van der Waals surface area (Å²) in [6, 6.07) is 11.6. The molecular formula is C17H16FNO2.